The van der Waals surface area contributed by atoms with Gasteiger partial charge in [-0.25, -0.2) is 17.5 Å². The van der Waals surface area contributed by atoms with Crippen molar-refractivity contribution in [2.24, 2.45) is 5.92 Å². The number of rotatable bonds is 10. The molecule has 2 N–H and O–H groups in total. The average molecular weight is 554 g/mol. The van der Waals surface area contributed by atoms with Crippen LogP contribution in [-0.4, -0.2) is 49.8 Å². The molecule has 1 aliphatic heterocycles. The maximum Gasteiger partial charge on any atom is 0.244 e. The highest BCUT2D eigenvalue weighted by Crippen LogP contribution is 2.29. The molecule has 2 aliphatic rings. The van der Waals surface area contributed by atoms with Crippen molar-refractivity contribution in [3.05, 3.63) is 71.8 Å². The van der Waals surface area contributed by atoms with Gasteiger partial charge in [0, 0.05) is 25.3 Å². The van der Waals surface area contributed by atoms with Gasteiger partial charge >= 0.3 is 0 Å². The van der Waals surface area contributed by atoms with Crippen LogP contribution in [0, 0.1) is 18.7 Å². The van der Waals surface area contributed by atoms with E-state index >= 15 is 0 Å². The van der Waals surface area contributed by atoms with Crippen LogP contribution in [0.2, 0.25) is 0 Å². The summed E-state index contributed by atoms with van der Waals surface area (Å²) in [6.07, 6.45) is 7.94. The van der Waals surface area contributed by atoms with Gasteiger partial charge in [-0.05, 0) is 61.6 Å². The molecule has 5 rings (SSSR count). The Labute approximate surface area is 229 Å². The Bertz CT molecular complexity index is 1400. The number of fused-ring (bicyclic) bond motifs is 1. The van der Waals surface area contributed by atoms with Gasteiger partial charge in [-0.15, -0.1) is 0 Å². The number of hydrogen-bond acceptors (Lipinski definition) is 5. The molecule has 1 unspecified atom stereocenters. The van der Waals surface area contributed by atoms with E-state index in [-0.39, 0.29) is 16.6 Å². The molecule has 1 aliphatic carbocycles. The molecule has 0 radical (unpaired) electrons. The van der Waals surface area contributed by atoms with Crippen LogP contribution >= 0.6 is 0 Å². The second kappa shape index (κ2) is 11.9. The summed E-state index contributed by atoms with van der Waals surface area (Å²) in [7, 11) is -4.00. The second-order valence-electron chi connectivity index (χ2n) is 10.6. The smallest absolute Gasteiger partial charge is 0.244 e. The van der Waals surface area contributed by atoms with Crippen LogP contribution in [0.5, 0.6) is 0 Å². The maximum absolute atomic E-state index is 13.6. The predicted molar refractivity (Wildman–Crippen MR) is 149 cm³/mol. The van der Waals surface area contributed by atoms with Gasteiger partial charge in [0.25, 0.3) is 0 Å². The van der Waals surface area contributed by atoms with E-state index in [0.717, 1.165) is 55.6 Å². The molecular formula is C29H36FN5O3S. The molecule has 3 aromatic rings. The van der Waals surface area contributed by atoms with E-state index in [4.69, 9.17) is 0 Å². The minimum Gasteiger partial charge on any atom is -0.369 e. The van der Waals surface area contributed by atoms with Crippen LogP contribution in [0.4, 0.5) is 10.1 Å². The van der Waals surface area contributed by atoms with Crippen molar-refractivity contribution in [3.63, 3.8) is 0 Å². The number of para-hydroxylation sites is 1. The predicted octanol–water partition coefficient (Wildman–Crippen LogP) is 4.12. The lowest BCUT2D eigenvalue weighted by Crippen LogP contribution is -2.49. The molecule has 0 bridgehead atoms. The summed E-state index contributed by atoms with van der Waals surface area (Å²) in [5.41, 5.74) is 3.19. The number of nitrogens with one attached hydrogen (secondary N) is 2. The Balaban J connectivity index is 1.28. The molecule has 8 nitrogen and oxygen atoms in total. The van der Waals surface area contributed by atoms with Gasteiger partial charge in [0.1, 0.15) is 16.8 Å². The van der Waals surface area contributed by atoms with Crippen molar-refractivity contribution in [3.8, 4) is 5.69 Å². The summed E-state index contributed by atoms with van der Waals surface area (Å²) >= 11 is 0. The first-order valence-electron chi connectivity index (χ1n) is 13.8. The van der Waals surface area contributed by atoms with Crippen LogP contribution in [-0.2, 0) is 21.2 Å². The molecule has 1 aromatic heterocycles. The summed E-state index contributed by atoms with van der Waals surface area (Å²) in [4.78, 5) is 15.6. The Morgan fingerprint density at radius 2 is 1.90 bits per heavy atom. The Morgan fingerprint density at radius 1 is 1.13 bits per heavy atom. The molecule has 1 fully saturated rings. The molecule has 2 aromatic carbocycles. The number of anilines is 1. The standard InChI is InChI=1S/C29H36FN5O3S/c1-21-28(20-32-35(21)25-10-6-3-7-11-25)39(37,38)33-26(18-22-8-4-2-5-9-22)29(36)31-15-17-34-16-14-23-19-24(30)12-13-27(23)34/h3,6-7,10-13,19-20,22,26,33H,2,4-5,8-9,14-18H2,1H3,(H,31,36). The van der Waals surface area contributed by atoms with E-state index in [1.165, 1.54) is 18.7 Å². The lowest BCUT2D eigenvalue weighted by Gasteiger charge is -2.27. The summed E-state index contributed by atoms with van der Waals surface area (Å²) in [5.74, 6) is -0.271. The number of hydrogen-bond donors (Lipinski definition) is 2. The average Bonchev–Trinajstić information content (AvgIpc) is 3.52. The SMILES string of the molecule is Cc1c(S(=O)(=O)NC(CC2CCCCC2)C(=O)NCCN2CCc3cc(F)ccc32)cnn1-c1ccccc1. The largest absolute Gasteiger partial charge is 0.369 e. The highest BCUT2D eigenvalue weighted by atomic mass is 32.2. The van der Waals surface area contributed by atoms with Crippen LogP contribution in [0.15, 0.2) is 59.6 Å². The topological polar surface area (TPSA) is 96.3 Å². The first kappa shape index (κ1) is 27.3. The minimum absolute atomic E-state index is 0.0636. The number of benzene rings is 2. The molecule has 39 heavy (non-hydrogen) atoms. The molecule has 1 amide bonds. The summed E-state index contributed by atoms with van der Waals surface area (Å²) in [6.45, 7) is 3.40. The number of amides is 1. The Hall–Kier alpha value is -3.24. The fraction of sp³-hybridized carbons (Fsp3) is 0.448. The van der Waals surface area contributed by atoms with Crippen LogP contribution in [0.3, 0.4) is 0 Å². The Morgan fingerprint density at radius 3 is 2.67 bits per heavy atom. The zero-order valence-electron chi connectivity index (χ0n) is 22.3. The molecular weight excluding hydrogens is 517 g/mol. The molecule has 0 saturated heterocycles. The molecule has 1 saturated carbocycles. The van der Waals surface area contributed by atoms with Gasteiger partial charge in [0.2, 0.25) is 15.9 Å². The van der Waals surface area contributed by atoms with E-state index in [2.05, 4.69) is 20.0 Å². The van der Waals surface area contributed by atoms with Crippen molar-refractivity contribution in [2.75, 3.05) is 24.5 Å². The fourth-order valence-electron chi connectivity index (χ4n) is 5.81. The second-order valence-corrected chi connectivity index (χ2v) is 12.2. The van der Waals surface area contributed by atoms with Gasteiger partial charge < -0.3 is 10.2 Å². The highest BCUT2D eigenvalue weighted by Gasteiger charge is 2.31. The number of carbonyl (C=O) groups excluding carboxylic acids is 1. The van der Waals surface area contributed by atoms with E-state index in [1.54, 1.807) is 23.7 Å². The maximum atomic E-state index is 13.6. The highest BCUT2D eigenvalue weighted by molar-refractivity contribution is 7.89. The monoisotopic (exact) mass is 553 g/mol. The van der Waals surface area contributed by atoms with Crippen molar-refractivity contribution >= 4 is 21.6 Å². The van der Waals surface area contributed by atoms with Gasteiger partial charge in [-0.2, -0.15) is 9.82 Å². The minimum atomic E-state index is -4.00. The quantitative estimate of drug-likeness (QED) is 0.394. The van der Waals surface area contributed by atoms with Crippen LogP contribution < -0.4 is 14.9 Å². The van der Waals surface area contributed by atoms with Gasteiger partial charge in [0.05, 0.1) is 17.6 Å². The zero-order chi connectivity index (χ0) is 27.4. The van der Waals surface area contributed by atoms with Crippen molar-refractivity contribution in [2.45, 2.75) is 62.8 Å². The third-order valence-electron chi connectivity index (χ3n) is 7.88. The van der Waals surface area contributed by atoms with E-state index < -0.39 is 16.1 Å². The number of nitrogens with zero attached hydrogens (tertiary/aromatic N) is 3. The van der Waals surface area contributed by atoms with Crippen LogP contribution in [0.25, 0.3) is 5.69 Å². The van der Waals surface area contributed by atoms with Crippen molar-refractivity contribution in [1.29, 1.82) is 0 Å². The Kier molecular flexibility index (Phi) is 8.32. The van der Waals surface area contributed by atoms with E-state index in [9.17, 15) is 17.6 Å². The number of sulfonamides is 1. The third-order valence-corrected chi connectivity index (χ3v) is 9.45. The van der Waals surface area contributed by atoms with Crippen molar-refractivity contribution in [1.82, 2.24) is 19.8 Å². The van der Waals surface area contributed by atoms with Crippen molar-refractivity contribution < 1.29 is 17.6 Å². The number of carbonyl (C=O) groups is 1. The molecule has 208 valence electrons. The van der Waals surface area contributed by atoms with Crippen LogP contribution in [0.1, 0.15) is 49.8 Å². The third kappa shape index (κ3) is 6.33. The summed E-state index contributed by atoms with van der Waals surface area (Å²) < 4.78 is 44.9. The normalized spacial score (nSPS) is 16.7. The van der Waals surface area contributed by atoms with E-state index in [0.29, 0.717) is 31.1 Å². The van der Waals surface area contributed by atoms with Gasteiger partial charge in [0.15, 0.2) is 0 Å². The first-order chi connectivity index (χ1) is 18.8. The lowest BCUT2D eigenvalue weighted by atomic mass is 9.85. The van der Waals surface area contributed by atoms with Gasteiger partial charge in [-0.3, -0.25) is 4.79 Å². The van der Waals surface area contributed by atoms with E-state index in [1.807, 2.05) is 30.3 Å². The molecule has 0 spiro atoms. The summed E-state index contributed by atoms with van der Waals surface area (Å²) in [5, 5.41) is 7.26. The zero-order valence-corrected chi connectivity index (χ0v) is 23.1. The number of halogens is 1. The molecule has 10 heteroatoms. The summed E-state index contributed by atoms with van der Waals surface area (Å²) in [6, 6.07) is 13.3. The van der Waals surface area contributed by atoms with Gasteiger partial charge in [-0.1, -0.05) is 50.3 Å². The fourth-order valence-corrected chi connectivity index (χ4v) is 7.18. The lowest BCUT2D eigenvalue weighted by molar-refractivity contribution is -0.123. The number of aromatic nitrogens is 2. The molecule has 1 atom stereocenters. The molecule has 2 heterocycles. The first-order valence-corrected chi connectivity index (χ1v) is 15.2.